The van der Waals surface area contributed by atoms with Crippen LogP contribution >= 0.6 is 45.1 Å². The van der Waals surface area contributed by atoms with Crippen molar-refractivity contribution in [3.63, 3.8) is 0 Å². The van der Waals surface area contributed by atoms with E-state index in [2.05, 4.69) is 35.0 Å². The van der Waals surface area contributed by atoms with Crippen LogP contribution in [0.2, 0.25) is 0 Å². The fraction of sp³-hybridized carbons (Fsp3) is 0.579. The molecule has 248 valence electrons. The van der Waals surface area contributed by atoms with Gasteiger partial charge in [0.05, 0.1) is 17.6 Å². The number of nitrogens with zero attached hydrogens (tertiary/aromatic N) is 2. The second-order valence-corrected chi connectivity index (χ2v) is 16.8. The molecule has 0 amide bonds. The lowest BCUT2D eigenvalue weighted by atomic mass is 10.2. The molecule has 0 bridgehead atoms. The van der Waals surface area contributed by atoms with Gasteiger partial charge in [-0.05, 0) is 13.8 Å². The second kappa shape index (κ2) is 15.1. The Labute approximate surface area is 257 Å². The molecule has 1 aliphatic rings. The smallest absolute Gasteiger partial charge is 0.369 e. The van der Waals surface area contributed by atoms with Gasteiger partial charge < -0.3 is 45.1 Å². The fourth-order valence-electron chi connectivity index (χ4n) is 3.60. The SMILES string of the molecule is CC(C)(CN)SSCOCC#Cc1cn([C@H]2C[C@@H](ON)[C@@H](COP(=O)(O)OP(=O)(O)OP(=O)(O)O)O2)c2nc(N)[nH]c(=O)c12. The number of anilines is 1. The number of nitrogen functional groups attached to an aromatic ring is 1. The monoisotopic (exact) mass is 724 g/mol. The minimum atomic E-state index is -5.72. The van der Waals surface area contributed by atoms with Gasteiger partial charge in [0.2, 0.25) is 5.95 Å². The zero-order chi connectivity index (χ0) is 32.9. The van der Waals surface area contributed by atoms with Crippen molar-refractivity contribution in [3.05, 3.63) is 22.1 Å². The van der Waals surface area contributed by atoms with Crippen LogP contribution in [0.4, 0.5) is 5.95 Å². The zero-order valence-corrected chi connectivity index (χ0v) is 27.3. The molecule has 25 heteroatoms. The van der Waals surface area contributed by atoms with Gasteiger partial charge in [0.15, 0.2) is 5.65 Å². The Balaban J connectivity index is 1.74. The maximum atomic E-state index is 12.8. The fourth-order valence-corrected chi connectivity index (χ4v) is 8.72. The summed E-state index contributed by atoms with van der Waals surface area (Å²) in [6, 6.07) is 0. The molecule has 1 fully saturated rings. The third-order valence-electron chi connectivity index (χ3n) is 5.49. The lowest BCUT2D eigenvalue weighted by Gasteiger charge is -2.20. The molecule has 5 atom stereocenters. The Bertz CT molecular complexity index is 1590. The number of phosphoric ester groups is 1. The number of nitrogens with two attached hydrogens (primary N) is 3. The molecule has 11 N–H and O–H groups in total. The van der Waals surface area contributed by atoms with Gasteiger partial charge >= 0.3 is 23.5 Å². The molecule has 3 heterocycles. The molecule has 1 saturated heterocycles. The second-order valence-electron chi connectivity index (χ2n) is 9.46. The first kappa shape index (κ1) is 37.2. The molecule has 0 aliphatic carbocycles. The van der Waals surface area contributed by atoms with Gasteiger partial charge in [-0.2, -0.15) is 13.6 Å². The number of ether oxygens (including phenoxy) is 2. The molecular formula is C19H31N6O14P3S2. The van der Waals surface area contributed by atoms with Gasteiger partial charge in [0.25, 0.3) is 5.56 Å². The van der Waals surface area contributed by atoms with Crippen molar-refractivity contribution in [2.45, 2.75) is 43.5 Å². The van der Waals surface area contributed by atoms with E-state index in [9.17, 15) is 28.3 Å². The van der Waals surface area contributed by atoms with Crippen LogP contribution in [0.25, 0.3) is 11.0 Å². The summed E-state index contributed by atoms with van der Waals surface area (Å²) in [4.78, 5) is 60.6. The Morgan fingerprint density at radius 3 is 2.57 bits per heavy atom. The normalized spacial score (nSPS) is 22.0. The number of fused-ring (bicyclic) bond motifs is 1. The average molecular weight is 725 g/mol. The van der Waals surface area contributed by atoms with Crippen LogP contribution in [-0.2, 0) is 41.2 Å². The Morgan fingerprint density at radius 1 is 1.23 bits per heavy atom. The third kappa shape index (κ3) is 10.9. The van der Waals surface area contributed by atoms with E-state index in [1.54, 1.807) is 10.8 Å². The van der Waals surface area contributed by atoms with Gasteiger partial charge in [0, 0.05) is 23.9 Å². The number of hydrogen-bond acceptors (Lipinski definition) is 16. The molecule has 20 nitrogen and oxygen atoms in total. The van der Waals surface area contributed by atoms with Crippen molar-refractivity contribution in [1.29, 1.82) is 0 Å². The van der Waals surface area contributed by atoms with Crippen LogP contribution < -0.4 is 22.9 Å². The minimum absolute atomic E-state index is 0.0108. The van der Waals surface area contributed by atoms with E-state index in [4.69, 9.17) is 41.5 Å². The van der Waals surface area contributed by atoms with E-state index in [1.807, 2.05) is 13.8 Å². The van der Waals surface area contributed by atoms with Gasteiger partial charge in [-0.3, -0.25) is 19.1 Å². The molecule has 0 saturated carbocycles. The van der Waals surface area contributed by atoms with Crippen LogP contribution in [-0.4, -0.2) is 76.8 Å². The standard InChI is InChI=1S/C19H31N6O14P3S2/c1-19(2,9-20)44-43-10-34-5-3-4-11-7-25(16-15(11)17(26)24-18(21)23-16)14-6-12(37-22)13(36-14)8-35-41(30,31)39-42(32,33)38-40(27,28)29/h7,12-14H,5-6,8-10,20,22H2,1-2H3,(H,30,31)(H,32,33)(H2,27,28,29)(H3,21,23,24,26)/t12-,13-,14-/m1/s1. The van der Waals surface area contributed by atoms with Crippen LogP contribution in [0.3, 0.4) is 0 Å². The first-order valence-electron chi connectivity index (χ1n) is 12.1. The highest BCUT2D eigenvalue weighted by molar-refractivity contribution is 8.77. The molecule has 0 radical (unpaired) electrons. The Kier molecular flexibility index (Phi) is 12.7. The number of hydrogen-bond donors (Lipinski definition) is 8. The highest BCUT2D eigenvalue weighted by atomic mass is 33.1. The van der Waals surface area contributed by atoms with Gasteiger partial charge in [-0.25, -0.2) is 19.6 Å². The molecule has 3 rings (SSSR count). The maximum Gasteiger partial charge on any atom is 0.490 e. The molecule has 0 spiro atoms. The molecular weight excluding hydrogens is 693 g/mol. The van der Waals surface area contributed by atoms with Crippen LogP contribution in [0, 0.1) is 11.8 Å². The van der Waals surface area contributed by atoms with E-state index in [-0.39, 0.29) is 40.3 Å². The number of rotatable bonds is 15. The van der Waals surface area contributed by atoms with Crippen molar-refractivity contribution in [3.8, 4) is 11.8 Å². The molecule has 2 unspecified atom stereocenters. The predicted molar refractivity (Wildman–Crippen MR) is 158 cm³/mol. The summed E-state index contributed by atoms with van der Waals surface area (Å²) >= 11 is 0. The number of aromatic amines is 1. The van der Waals surface area contributed by atoms with E-state index in [1.165, 1.54) is 21.6 Å². The third-order valence-corrected chi connectivity index (χ3v) is 12.3. The van der Waals surface area contributed by atoms with Crippen molar-refractivity contribution in [2.24, 2.45) is 11.6 Å². The van der Waals surface area contributed by atoms with Crippen molar-refractivity contribution >= 4 is 62.0 Å². The van der Waals surface area contributed by atoms with Crippen LogP contribution in [0.15, 0.2) is 11.0 Å². The molecule has 44 heavy (non-hydrogen) atoms. The van der Waals surface area contributed by atoms with Crippen molar-refractivity contribution in [2.75, 3.05) is 31.4 Å². The number of nitrogens with one attached hydrogen (secondary N) is 1. The quantitative estimate of drug-likeness (QED) is 0.0312. The van der Waals surface area contributed by atoms with Crippen molar-refractivity contribution in [1.82, 2.24) is 14.5 Å². The van der Waals surface area contributed by atoms with Gasteiger partial charge in [0.1, 0.15) is 31.0 Å². The first-order valence-corrected chi connectivity index (χ1v) is 19.0. The highest BCUT2D eigenvalue weighted by Gasteiger charge is 2.43. The van der Waals surface area contributed by atoms with E-state index in [0.717, 1.165) is 0 Å². The zero-order valence-electron chi connectivity index (χ0n) is 23.0. The molecule has 2 aromatic rings. The minimum Gasteiger partial charge on any atom is -0.369 e. The summed E-state index contributed by atoms with van der Waals surface area (Å²) in [6.07, 6.45) is -1.69. The molecule has 1 aliphatic heterocycles. The van der Waals surface area contributed by atoms with E-state index in [0.29, 0.717) is 12.5 Å². The van der Waals surface area contributed by atoms with E-state index >= 15 is 0 Å². The van der Waals surface area contributed by atoms with Crippen LogP contribution in [0.5, 0.6) is 0 Å². The van der Waals surface area contributed by atoms with Crippen molar-refractivity contribution < 1.29 is 60.7 Å². The summed E-state index contributed by atoms with van der Waals surface area (Å²) in [5, 5.41) is 0.0897. The summed E-state index contributed by atoms with van der Waals surface area (Å²) in [7, 11) is -13.7. The summed E-state index contributed by atoms with van der Waals surface area (Å²) < 4.78 is 59.2. The topological polar surface area (TPSA) is 316 Å². The average Bonchev–Trinajstić information content (AvgIpc) is 3.46. The Hall–Kier alpha value is -1.31. The molecule has 2 aromatic heterocycles. The maximum absolute atomic E-state index is 12.8. The van der Waals surface area contributed by atoms with E-state index < -0.39 is 54.1 Å². The predicted octanol–water partition coefficient (Wildman–Crippen LogP) is 0.641. The summed E-state index contributed by atoms with van der Waals surface area (Å²) in [5.74, 6) is 11.2. The van der Waals surface area contributed by atoms with Gasteiger partial charge in [-0.1, -0.05) is 33.4 Å². The number of phosphoric acid groups is 3. The summed E-state index contributed by atoms with van der Waals surface area (Å²) in [6.45, 7) is 3.74. The lowest BCUT2D eigenvalue weighted by molar-refractivity contribution is -0.0599. The van der Waals surface area contributed by atoms with Gasteiger partial charge in [-0.15, -0.1) is 0 Å². The first-order chi connectivity index (χ1) is 20.4. The highest BCUT2D eigenvalue weighted by Crippen LogP contribution is 2.66. The van der Waals surface area contributed by atoms with Crippen LogP contribution in [0.1, 0.15) is 32.1 Å². The summed E-state index contributed by atoms with van der Waals surface area (Å²) in [5.41, 5.74) is 11.2. The lowest BCUT2D eigenvalue weighted by Crippen LogP contribution is -2.31. The number of H-pyrrole nitrogens is 1. The Morgan fingerprint density at radius 2 is 1.93 bits per heavy atom. The molecule has 0 aromatic carbocycles. The number of aromatic nitrogens is 3. The largest absolute Gasteiger partial charge is 0.490 e.